The standard InChI is InChI=1S/C23H23BrN2O4/c1-3-16-8-11-21(20(24)12-16)29-14-22(27)25-26-23(28)15(2)30-19-10-9-17-6-4-5-7-18(17)13-19/h4-13,15H,3,14H2,1-2H3,(H,25,27)(H,26,28). The normalized spacial score (nSPS) is 11.6. The highest BCUT2D eigenvalue weighted by molar-refractivity contribution is 9.10. The average molecular weight is 471 g/mol. The molecule has 0 saturated carbocycles. The van der Waals surface area contributed by atoms with Gasteiger partial charge in [0.05, 0.1) is 4.47 Å². The molecule has 3 aromatic carbocycles. The minimum absolute atomic E-state index is 0.232. The maximum atomic E-state index is 12.2. The Morgan fingerprint density at radius 2 is 1.77 bits per heavy atom. The van der Waals surface area contributed by atoms with Crippen LogP contribution in [0.4, 0.5) is 0 Å². The van der Waals surface area contributed by atoms with Gasteiger partial charge in [0.1, 0.15) is 11.5 Å². The van der Waals surface area contributed by atoms with Crippen molar-refractivity contribution < 1.29 is 19.1 Å². The van der Waals surface area contributed by atoms with E-state index >= 15 is 0 Å². The highest BCUT2D eigenvalue weighted by Crippen LogP contribution is 2.26. The first-order chi connectivity index (χ1) is 14.5. The molecule has 0 aliphatic heterocycles. The first-order valence-corrected chi connectivity index (χ1v) is 10.4. The number of ether oxygens (including phenoxy) is 2. The molecule has 6 nitrogen and oxygen atoms in total. The van der Waals surface area contributed by atoms with Crippen LogP contribution in [-0.2, 0) is 16.0 Å². The number of aryl methyl sites for hydroxylation is 1. The lowest BCUT2D eigenvalue weighted by atomic mass is 10.1. The fourth-order valence-electron chi connectivity index (χ4n) is 2.79. The number of carbonyl (C=O) groups excluding carboxylic acids is 2. The molecule has 0 heterocycles. The second-order valence-corrected chi connectivity index (χ2v) is 7.57. The summed E-state index contributed by atoms with van der Waals surface area (Å²) in [6.45, 7) is 3.44. The number of hydrogen-bond donors (Lipinski definition) is 2. The molecule has 0 radical (unpaired) electrons. The Morgan fingerprint density at radius 1 is 1.00 bits per heavy atom. The van der Waals surface area contributed by atoms with Crippen LogP contribution in [-0.4, -0.2) is 24.5 Å². The Kier molecular flexibility index (Phi) is 7.30. The first kappa shape index (κ1) is 21.6. The topological polar surface area (TPSA) is 76.7 Å². The number of halogens is 1. The lowest BCUT2D eigenvalue weighted by Gasteiger charge is -2.16. The lowest BCUT2D eigenvalue weighted by Crippen LogP contribution is -2.48. The fraction of sp³-hybridized carbons (Fsp3) is 0.217. The van der Waals surface area contributed by atoms with Gasteiger partial charge >= 0.3 is 0 Å². The maximum Gasteiger partial charge on any atom is 0.279 e. The Hall–Kier alpha value is -3.06. The third-order valence-electron chi connectivity index (χ3n) is 4.49. The SMILES string of the molecule is CCc1ccc(OCC(=O)NNC(=O)C(C)Oc2ccc3ccccc3c2)c(Br)c1. The number of nitrogens with one attached hydrogen (secondary N) is 2. The van der Waals surface area contributed by atoms with Crippen LogP contribution < -0.4 is 20.3 Å². The Labute approximate surface area is 183 Å². The van der Waals surface area contributed by atoms with Crippen LogP contribution in [0.15, 0.2) is 65.1 Å². The van der Waals surface area contributed by atoms with Gasteiger partial charge in [0.15, 0.2) is 12.7 Å². The Morgan fingerprint density at radius 3 is 2.50 bits per heavy atom. The molecular weight excluding hydrogens is 448 g/mol. The molecule has 0 saturated heterocycles. The highest BCUT2D eigenvalue weighted by Gasteiger charge is 2.16. The quantitative estimate of drug-likeness (QED) is 0.508. The predicted octanol–water partition coefficient (Wildman–Crippen LogP) is 4.16. The van der Waals surface area contributed by atoms with Gasteiger partial charge in [-0.15, -0.1) is 0 Å². The number of carbonyl (C=O) groups is 2. The molecule has 0 aliphatic carbocycles. The largest absolute Gasteiger partial charge is 0.483 e. The van der Waals surface area contributed by atoms with Gasteiger partial charge in [-0.05, 0) is 69.9 Å². The summed E-state index contributed by atoms with van der Waals surface area (Å²) in [5, 5.41) is 2.11. The summed E-state index contributed by atoms with van der Waals surface area (Å²) < 4.78 is 11.9. The average Bonchev–Trinajstić information content (AvgIpc) is 2.76. The summed E-state index contributed by atoms with van der Waals surface area (Å²) in [5.41, 5.74) is 5.84. The minimum Gasteiger partial charge on any atom is -0.483 e. The molecule has 2 N–H and O–H groups in total. The van der Waals surface area contributed by atoms with Gasteiger partial charge in [-0.25, -0.2) is 0 Å². The second-order valence-electron chi connectivity index (χ2n) is 6.71. The third kappa shape index (κ3) is 5.73. The van der Waals surface area contributed by atoms with Crippen molar-refractivity contribution in [3.63, 3.8) is 0 Å². The van der Waals surface area contributed by atoms with E-state index < -0.39 is 17.9 Å². The van der Waals surface area contributed by atoms with E-state index in [-0.39, 0.29) is 6.61 Å². The van der Waals surface area contributed by atoms with Crippen LogP contribution >= 0.6 is 15.9 Å². The van der Waals surface area contributed by atoms with Crippen molar-refractivity contribution in [2.24, 2.45) is 0 Å². The molecule has 156 valence electrons. The van der Waals surface area contributed by atoms with Gasteiger partial charge in [-0.2, -0.15) is 0 Å². The van der Waals surface area contributed by atoms with Gasteiger partial charge in [-0.3, -0.25) is 20.4 Å². The zero-order valence-corrected chi connectivity index (χ0v) is 18.4. The molecular formula is C23H23BrN2O4. The van der Waals surface area contributed by atoms with Gasteiger partial charge in [-0.1, -0.05) is 43.3 Å². The number of fused-ring (bicyclic) bond motifs is 1. The zero-order valence-electron chi connectivity index (χ0n) is 16.8. The summed E-state index contributed by atoms with van der Waals surface area (Å²) in [6, 6.07) is 19.2. The van der Waals surface area contributed by atoms with Crippen molar-refractivity contribution in [1.29, 1.82) is 0 Å². The van der Waals surface area contributed by atoms with Gasteiger partial charge in [0, 0.05) is 0 Å². The van der Waals surface area contributed by atoms with Crippen LogP contribution in [0, 0.1) is 0 Å². The van der Waals surface area contributed by atoms with E-state index in [1.54, 1.807) is 19.1 Å². The summed E-state index contributed by atoms with van der Waals surface area (Å²) >= 11 is 3.42. The number of hydrazine groups is 1. The molecule has 0 fully saturated rings. The predicted molar refractivity (Wildman–Crippen MR) is 119 cm³/mol. The first-order valence-electron chi connectivity index (χ1n) is 9.61. The molecule has 30 heavy (non-hydrogen) atoms. The van der Waals surface area contributed by atoms with Crippen molar-refractivity contribution in [2.45, 2.75) is 26.4 Å². The molecule has 7 heteroatoms. The van der Waals surface area contributed by atoms with Gasteiger partial charge in [0.25, 0.3) is 11.8 Å². The highest BCUT2D eigenvalue weighted by atomic mass is 79.9. The second kappa shape index (κ2) is 10.1. The smallest absolute Gasteiger partial charge is 0.279 e. The van der Waals surface area contributed by atoms with Crippen LogP contribution in [0.3, 0.4) is 0 Å². The summed E-state index contributed by atoms with van der Waals surface area (Å²) in [5.74, 6) is 0.186. The van der Waals surface area contributed by atoms with E-state index in [0.717, 1.165) is 27.2 Å². The van der Waals surface area contributed by atoms with Crippen LogP contribution in [0.1, 0.15) is 19.4 Å². The number of amides is 2. The molecule has 1 unspecified atom stereocenters. The summed E-state index contributed by atoms with van der Waals surface area (Å²) in [4.78, 5) is 24.2. The van der Waals surface area contributed by atoms with E-state index in [1.807, 2.05) is 48.5 Å². The van der Waals surface area contributed by atoms with Crippen LogP contribution in [0.2, 0.25) is 0 Å². The molecule has 2 amide bonds. The van der Waals surface area contributed by atoms with Crippen molar-refractivity contribution >= 4 is 38.5 Å². The fourth-order valence-corrected chi connectivity index (χ4v) is 3.33. The minimum atomic E-state index is -0.789. The number of benzene rings is 3. The number of hydrogen-bond acceptors (Lipinski definition) is 4. The Balaban J connectivity index is 1.46. The summed E-state index contributed by atoms with van der Waals surface area (Å²) in [7, 11) is 0. The zero-order chi connectivity index (χ0) is 21.5. The molecule has 0 aromatic heterocycles. The van der Waals surface area contributed by atoms with Crippen molar-refractivity contribution in [1.82, 2.24) is 10.9 Å². The maximum absolute atomic E-state index is 12.2. The van der Waals surface area contributed by atoms with E-state index in [9.17, 15) is 9.59 Å². The van der Waals surface area contributed by atoms with Crippen LogP contribution in [0.25, 0.3) is 10.8 Å². The van der Waals surface area contributed by atoms with E-state index in [2.05, 4.69) is 33.7 Å². The van der Waals surface area contributed by atoms with Crippen molar-refractivity contribution in [3.05, 3.63) is 70.7 Å². The third-order valence-corrected chi connectivity index (χ3v) is 5.11. The lowest BCUT2D eigenvalue weighted by molar-refractivity contribution is -0.133. The Bertz CT molecular complexity index is 1050. The molecule has 3 aromatic rings. The monoisotopic (exact) mass is 470 g/mol. The van der Waals surface area contributed by atoms with E-state index in [0.29, 0.717) is 11.5 Å². The van der Waals surface area contributed by atoms with Crippen LogP contribution in [0.5, 0.6) is 11.5 Å². The molecule has 0 aliphatic rings. The molecule has 0 spiro atoms. The molecule has 0 bridgehead atoms. The van der Waals surface area contributed by atoms with Gasteiger partial charge in [0.2, 0.25) is 0 Å². The van der Waals surface area contributed by atoms with Gasteiger partial charge < -0.3 is 9.47 Å². The van der Waals surface area contributed by atoms with E-state index in [1.165, 1.54) is 0 Å². The summed E-state index contributed by atoms with van der Waals surface area (Å²) in [6.07, 6.45) is 0.119. The molecule has 3 rings (SSSR count). The number of rotatable bonds is 7. The van der Waals surface area contributed by atoms with Crippen molar-refractivity contribution in [2.75, 3.05) is 6.61 Å². The molecule has 1 atom stereocenters. The van der Waals surface area contributed by atoms with Crippen molar-refractivity contribution in [3.8, 4) is 11.5 Å². The van der Waals surface area contributed by atoms with E-state index in [4.69, 9.17) is 9.47 Å².